The van der Waals surface area contributed by atoms with Gasteiger partial charge in [0.2, 0.25) is 0 Å². The number of hydrogen-bond acceptors (Lipinski definition) is 1. The summed E-state index contributed by atoms with van der Waals surface area (Å²) in [5.41, 5.74) is 1.35. The number of halogens is 2. The molecule has 1 nitrogen and oxygen atoms in total. The highest BCUT2D eigenvalue weighted by Gasteiger charge is 2.42. The molecule has 4 rings (SSSR count). The molecular weight excluding hydrogens is 400 g/mol. The van der Waals surface area contributed by atoms with E-state index in [0.29, 0.717) is 25.7 Å². The second-order valence-electron chi connectivity index (χ2n) is 10.0. The zero-order valence-electron chi connectivity index (χ0n) is 19.7. The van der Waals surface area contributed by atoms with E-state index in [4.69, 9.17) is 0 Å². The Morgan fingerprint density at radius 3 is 1.84 bits per heavy atom. The molecule has 174 valence electrons. The van der Waals surface area contributed by atoms with E-state index in [-0.39, 0.29) is 0 Å². The third-order valence-corrected chi connectivity index (χ3v) is 7.62. The van der Waals surface area contributed by atoms with Gasteiger partial charge in [0.15, 0.2) is 0 Å². The van der Waals surface area contributed by atoms with Crippen LogP contribution in [0.15, 0.2) is 48.5 Å². The molecule has 0 aliphatic heterocycles. The Morgan fingerprint density at radius 1 is 0.750 bits per heavy atom. The molecule has 2 aromatic carbocycles. The van der Waals surface area contributed by atoms with Gasteiger partial charge in [0, 0.05) is 6.54 Å². The maximum atomic E-state index is 16.0. The summed E-state index contributed by atoms with van der Waals surface area (Å²) >= 11 is 0. The second kappa shape index (κ2) is 10.5. The second-order valence-corrected chi connectivity index (χ2v) is 10.0. The van der Waals surface area contributed by atoms with Gasteiger partial charge in [-0.15, -0.1) is 0 Å². The predicted molar refractivity (Wildman–Crippen MR) is 129 cm³/mol. The summed E-state index contributed by atoms with van der Waals surface area (Å²) in [6.45, 7) is 5.15. The fraction of sp³-hybridized carbons (Fsp3) is 0.586. The van der Waals surface area contributed by atoms with Crippen LogP contribution in [0.5, 0.6) is 0 Å². The molecule has 0 bridgehead atoms. The lowest BCUT2D eigenvalue weighted by Gasteiger charge is -2.30. The first kappa shape index (κ1) is 23.4. The quantitative estimate of drug-likeness (QED) is 0.362. The van der Waals surface area contributed by atoms with Crippen LogP contribution in [0.25, 0.3) is 0 Å². The summed E-state index contributed by atoms with van der Waals surface area (Å²) in [6.07, 6.45) is 8.86. The molecule has 0 saturated heterocycles. The molecule has 0 unspecified atom stereocenters. The third-order valence-electron chi connectivity index (χ3n) is 7.62. The molecule has 2 aromatic rings. The lowest BCUT2D eigenvalue weighted by Crippen LogP contribution is -2.27. The number of alkyl halides is 2. The summed E-state index contributed by atoms with van der Waals surface area (Å²) in [6, 6.07) is 16.4. The standard InChI is InChI=1S/C29H39F2N/c1-2-21-32(23-24-12-4-3-5-13-24)22-11-14-25-26(28(30)17-6-7-18-28)15-10-16-27(25)29(31)19-8-9-20-29/h3-5,10,12-13,15-16H,2,6-9,11,14,17-23H2,1H3. The van der Waals surface area contributed by atoms with E-state index in [2.05, 4.69) is 42.2 Å². The molecule has 0 amide bonds. The molecule has 2 saturated carbocycles. The van der Waals surface area contributed by atoms with Crippen LogP contribution in [-0.2, 0) is 24.3 Å². The van der Waals surface area contributed by atoms with Gasteiger partial charge in [-0.05, 0) is 106 Å². The monoisotopic (exact) mass is 439 g/mol. The van der Waals surface area contributed by atoms with Crippen molar-refractivity contribution in [2.75, 3.05) is 13.1 Å². The fourth-order valence-corrected chi connectivity index (χ4v) is 6.01. The van der Waals surface area contributed by atoms with Crippen molar-refractivity contribution >= 4 is 0 Å². The molecule has 0 atom stereocenters. The molecule has 0 aromatic heterocycles. The van der Waals surface area contributed by atoms with Crippen LogP contribution in [0.2, 0.25) is 0 Å². The minimum atomic E-state index is -1.27. The highest BCUT2D eigenvalue weighted by molar-refractivity contribution is 5.43. The minimum Gasteiger partial charge on any atom is -0.299 e. The number of nitrogens with zero attached hydrogens (tertiary/aromatic N) is 1. The zero-order valence-corrected chi connectivity index (χ0v) is 19.7. The average molecular weight is 440 g/mol. The van der Waals surface area contributed by atoms with Gasteiger partial charge >= 0.3 is 0 Å². The SMILES string of the molecule is CCCN(CCCc1c(C2(F)CCCC2)cccc1C1(F)CCCC1)Cc1ccccc1. The highest BCUT2D eigenvalue weighted by atomic mass is 19.1. The fourth-order valence-electron chi connectivity index (χ4n) is 6.01. The van der Waals surface area contributed by atoms with Gasteiger partial charge in [0.1, 0.15) is 11.3 Å². The Morgan fingerprint density at radius 2 is 1.31 bits per heavy atom. The van der Waals surface area contributed by atoms with Crippen LogP contribution in [0.3, 0.4) is 0 Å². The summed E-state index contributed by atoms with van der Waals surface area (Å²) in [5, 5.41) is 0. The van der Waals surface area contributed by atoms with E-state index in [1.165, 1.54) is 5.56 Å². The van der Waals surface area contributed by atoms with Crippen molar-refractivity contribution in [2.24, 2.45) is 0 Å². The van der Waals surface area contributed by atoms with E-state index in [1.807, 2.05) is 18.2 Å². The maximum absolute atomic E-state index is 16.0. The lowest BCUT2D eigenvalue weighted by atomic mass is 9.80. The minimum absolute atomic E-state index is 0.582. The number of benzene rings is 2. The van der Waals surface area contributed by atoms with Crippen molar-refractivity contribution in [3.8, 4) is 0 Å². The molecule has 3 heteroatoms. The van der Waals surface area contributed by atoms with Crippen molar-refractivity contribution in [2.45, 2.75) is 95.4 Å². The van der Waals surface area contributed by atoms with Gasteiger partial charge in [0.05, 0.1) is 0 Å². The molecular formula is C29H39F2N. The Labute approximate surface area is 193 Å². The van der Waals surface area contributed by atoms with Gasteiger partial charge in [-0.25, -0.2) is 8.78 Å². The van der Waals surface area contributed by atoms with Crippen LogP contribution < -0.4 is 0 Å². The van der Waals surface area contributed by atoms with E-state index in [1.54, 1.807) is 0 Å². The van der Waals surface area contributed by atoms with E-state index >= 15 is 8.78 Å². The number of hydrogen-bond donors (Lipinski definition) is 0. The van der Waals surface area contributed by atoms with Gasteiger partial charge in [-0.3, -0.25) is 4.90 Å². The summed E-state index contributed by atoms with van der Waals surface area (Å²) in [4.78, 5) is 2.49. The van der Waals surface area contributed by atoms with Gasteiger partial charge in [0.25, 0.3) is 0 Å². The Hall–Kier alpha value is -1.74. The van der Waals surface area contributed by atoms with E-state index < -0.39 is 11.3 Å². The smallest absolute Gasteiger partial charge is 0.136 e. The maximum Gasteiger partial charge on any atom is 0.136 e. The average Bonchev–Trinajstić information content (AvgIpc) is 3.44. The van der Waals surface area contributed by atoms with Crippen LogP contribution in [-0.4, -0.2) is 18.0 Å². The topological polar surface area (TPSA) is 3.24 Å². The van der Waals surface area contributed by atoms with Crippen LogP contribution in [0.4, 0.5) is 8.78 Å². The zero-order chi connectivity index (χ0) is 22.4. The largest absolute Gasteiger partial charge is 0.299 e. The highest BCUT2D eigenvalue weighted by Crippen LogP contribution is 2.49. The van der Waals surface area contributed by atoms with Crippen molar-refractivity contribution in [3.63, 3.8) is 0 Å². The van der Waals surface area contributed by atoms with Crippen molar-refractivity contribution in [1.82, 2.24) is 4.90 Å². The molecule has 0 spiro atoms. The molecule has 0 N–H and O–H groups in total. The first-order valence-electron chi connectivity index (χ1n) is 12.8. The molecule has 32 heavy (non-hydrogen) atoms. The van der Waals surface area contributed by atoms with Crippen molar-refractivity contribution in [3.05, 3.63) is 70.8 Å². The molecule has 0 heterocycles. The van der Waals surface area contributed by atoms with Crippen LogP contribution >= 0.6 is 0 Å². The predicted octanol–water partition coefficient (Wildman–Crippen LogP) is 8.01. The Balaban J connectivity index is 1.54. The Kier molecular flexibility index (Phi) is 7.66. The van der Waals surface area contributed by atoms with Crippen molar-refractivity contribution < 1.29 is 8.78 Å². The molecule has 0 radical (unpaired) electrons. The molecule has 2 aliphatic rings. The van der Waals surface area contributed by atoms with Crippen LogP contribution in [0.1, 0.15) is 93.4 Å². The van der Waals surface area contributed by atoms with Gasteiger partial charge in [-0.1, -0.05) is 55.5 Å². The van der Waals surface area contributed by atoms with Crippen molar-refractivity contribution in [1.29, 1.82) is 0 Å². The summed E-state index contributed by atoms with van der Waals surface area (Å²) in [7, 11) is 0. The van der Waals surface area contributed by atoms with Gasteiger partial charge in [-0.2, -0.15) is 0 Å². The van der Waals surface area contributed by atoms with Gasteiger partial charge < -0.3 is 0 Å². The lowest BCUT2D eigenvalue weighted by molar-refractivity contribution is 0.162. The van der Waals surface area contributed by atoms with E-state index in [0.717, 1.165) is 81.3 Å². The number of rotatable bonds is 10. The molecule has 2 fully saturated rings. The summed E-state index contributed by atoms with van der Waals surface area (Å²) in [5.74, 6) is 0. The normalized spacial score (nSPS) is 19.6. The Bertz CT molecular complexity index is 810. The first-order valence-corrected chi connectivity index (χ1v) is 12.8. The van der Waals surface area contributed by atoms with Crippen LogP contribution in [0, 0.1) is 0 Å². The first-order chi connectivity index (χ1) is 15.5. The van der Waals surface area contributed by atoms with E-state index in [9.17, 15) is 0 Å². The summed E-state index contributed by atoms with van der Waals surface area (Å²) < 4.78 is 31.9. The third kappa shape index (κ3) is 5.25. The molecule has 2 aliphatic carbocycles.